The molecule has 2 unspecified atom stereocenters. The Kier molecular flexibility index (Phi) is 5.38. The van der Waals surface area contributed by atoms with Crippen molar-refractivity contribution in [2.45, 2.75) is 37.8 Å². The summed E-state index contributed by atoms with van der Waals surface area (Å²) in [6.45, 7) is 2.39. The molecule has 2 saturated heterocycles. The molecule has 2 aliphatic heterocycles. The summed E-state index contributed by atoms with van der Waals surface area (Å²) in [5, 5.41) is 8.55. The quantitative estimate of drug-likeness (QED) is 0.688. The minimum absolute atomic E-state index is 0.0630. The standard InChI is InChI=1S/C13H23N3O3S/c1-15-7-4-5-12(15)13-11-19-9-8-16(13)20(17,18)10-3-2-6-14/h12-13H,2-5,7-11H2,1H3. The molecular formula is C13H23N3O3S. The highest BCUT2D eigenvalue weighted by molar-refractivity contribution is 7.89. The lowest BCUT2D eigenvalue weighted by atomic mass is 10.1. The van der Waals surface area contributed by atoms with E-state index in [4.69, 9.17) is 10.00 Å². The second-order valence-corrected chi connectivity index (χ2v) is 7.56. The third kappa shape index (κ3) is 3.50. The molecule has 6 nitrogen and oxygen atoms in total. The van der Waals surface area contributed by atoms with E-state index in [1.54, 1.807) is 4.31 Å². The highest BCUT2D eigenvalue weighted by Crippen LogP contribution is 2.26. The van der Waals surface area contributed by atoms with Crippen molar-refractivity contribution in [1.82, 2.24) is 9.21 Å². The van der Waals surface area contributed by atoms with Crippen molar-refractivity contribution in [3.63, 3.8) is 0 Å². The number of rotatable bonds is 5. The van der Waals surface area contributed by atoms with Crippen molar-refractivity contribution in [1.29, 1.82) is 5.26 Å². The Morgan fingerprint density at radius 2 is 2.15 bits per heavy atom. The van der Waals surface area contributed by atoms with Gasteiger partial charge in [-0.2, -0.15) is 9.57 Å². The Morgan fingerprint density at radius 3 is 2.80 bits per heavy atom. The summed E-state index contributed by atoms with van der Waals surface area (Å²) in [6, 6.07) is 2.17. The van der Waals surface area contributed by atoms with Crippen LogP contribution in [0.5, 0.6) is 0 Å². The molecule has 0 spiro atoms. The zero-order chi connectivity index (χ0) is 14.6. The van der Waals surface area contributed by atoms with Gasteiger partial charge in [0, 0.05) is 19.0 Å². The smallest absolute Gasteiger partial charge is 0.214 e. The molecule has 0 aromatic heterocycles. The molecule has 0 aliphatic carbocycles. The SMILES string of the molecule is CN1CCCC1C1COCCN1S(=O)(=O)CCCC#N. The fourth-order valence-corrected chi connectivity index (χ4v) is 4.84. The van der Waals surface area contributed by atoms with E-state index < -0.39 is 10.0 Å². The third-order valence-electron chi connectivity index (χ3n) is 4.18. The molecule has 2 aliphatic rings. The largest absolute Gasteiger partial charge is 0.378 e. The van der Waals surface area contributed by atoms with Gasteiger partial charge in [0.1, 0.15) is 0 Å². The van der Waals surface area contributed by atoms with Crippen LogP contribution in [0.25, 0.3) is 0 Å². The van der Waals surface area contributed by atoms with Crippen LogP contribution in [0.4, 0.5) is 0 Å². The number of hydrogen-bond acceptors (Lipinski definition) is 5. The average molecular weight is 301 g/mol. The van der Waals surface area contributed by atoms with Gasteiger partial charge in [0.25, 0.3) is 0 Å². The summed E-state index contributed by atoms with van der Waals surface area (Å²) in [6.07, 6.45) is 2.83. The summed E-state index contributed by atoms with van der Waals surface area (Å²) >= 11 is 0. The second-order valence-electron chi connectivity index (χ2n) is 5.52. The first-order valence-electron chi connectivity index (χ1n) is 7.20. The average Bonchev–Trinajstić information content (AvgIpc) is 2.85. The van der Waals surface area contributed by atoms with Gasteiger partial charge in [0.2, 0.25) is 10.0 Å². The van der Waals surface area contributed by atoms with Crippen LogP contribution < -0.4 is 0 Å². The molecule has 0 saturated carbocycles. The zero-order valence-corrected chi connectivity index (χ0v) is 12.8. The number of hydrogen-bond donors (Lipinski definition) is 0. The van der Waals surface area contributed by atoms with Gasteiger partial charge in [0.05, 0.1) is 31.1 Å². The predicted octanol–water partition coefficient (Wildman–Crippen LogP) is 0.415. The Bertz CT molecular complexity index is 460. The van der Waals surface area contributed by atoms with Crippen molar-refractivity contribution >= 4 is 10.0 Å². The Labute approximate surface area is 121 Å². The summed E-state index contributed by atoms with van der Waals surface area (Å²) in [4.78, 5) is 2.23. The third-order valence-corrected chi connectivity index (χ3v) is 6.16. The number of nitriles is 1. The number of likely N-dealkylation sites (tertiary alicyclic amines) is 1. The number of sulfonamides is 1. The summed E-state index contributed by atoms with van der Waals surface area (Å²) in [5.74, 6) is 0.0630. The fourth-order valence-electron chi connectivity index (χ4n) is 3.13. The first-order chi connectivity index (χ1) is 9.56. The van der Waals surface area contributed by atoms with Crippen molar-refractivity contribution in [2.75, 3.05) is 39.1 Å². The molecule has 0 aromatic carbocycles. The van der Waals surface area contributed by atoms with E-state index in [1.807, 2.05) is 13.1 Å². The lowest BCUT2D eigenvalue weighted by Gasteiger charge is -2.40. The molecule has 20 heavy (non-hydrogen) atoms. The van der Waals surface area contributed by atoms with E-state index in [0.717, 1.165) is 19.4 Å². The van der Waals surface area contributed by atoms with Gasteiger partial charge < -0.3 is 9.64 Å². The normalized spacial score (nSPS) is 29.4. The van der Waals surface area contributed by atoms with Gasteiger partial charge in [-0.25, -0.2) is 8.42 Å². The molecule has 7 heteroatoms. The van der Waals surface area contributed by atoms with Crippen molar-refractivity contribution in [3.05, 3.63) is 0 Å². The van der Waals surface area contributed by atoms with E-state index in [9.17, 15) is 8.42 Å². The molecule has 0 amide bonds. The Hall–Kier alpha value is -0.680. The van der Waals surface area contributed by atoms with Crippen molar-refractivity contribution in [2.24, 2.45) is 0 Å². The van der Waals surface area contributed by atoms with Crippen LogP contribution in [-0.2, 0) is 14.8 Å². The Balaban J connectivity index is 2.08. The maximum absolute atomic E-state index is 12.5. The number of morpholine rings is 1. The van der Waals surface area contributed by atoms with Gasteiger partial charge in [-0.1, -0.05) is 0 Å². The van der Waals surface area contributed by atoms with Gasteiger partial charge in [0.15, 0.2) is 0 Å². The topological polar surface area (TPSA) is 73.6 Å². The first-order valence-corrected chi connectivity index (χ1v) is 8.81. The molecule has 2 heterocycles. The van der Waals surface area contributed by atoms with E-state index in [0.29, 0.717) is 26.2 Å². The zero-order valence-electron chi connectivity index (χ0n) is 12.0. The highest BCUT2D eigenvalue weighted by atomic mass is 32.2. The molecule has 0 bridgehead atoms. The van der Waals surface area contributed by atoms with E-state index in [2.05, 4.69) is 4.90 Å². The lowest BCUT2D eigenvalue weighted by molar-refractivity contribution is 0.00527. The molecule has 0 radical (unpaired) electrons. The van der Waals surface area contributed by atoms with E-state index >= 15 is 0 Å². The molecular weight excluding hydrogens is 278 g/mol. The molecule has 114 valence electrons. The van der Waals surface area contributed by atoms with Crippen LogP contribution in [0.15, 0.2) is 0 Å². The Morgan fingerprint density at radius 1 is 1.35 bits per heavy atom. The number of likely N-dealkylation sites (N-methyl/N-ethyl adjacent to an activating group) is 1. The predicted molar refractivity (Wildman–Crippen MR) is 75.6 cm³/mol. The van der Waals surface area contributed by atoms with Gasteiger partial charge in [-0.05, 0) is 32.9 Å². The monoisotopic (exact) mass is 301 g/mol. The minimum atomic E-state index is -3.29. The first kappa shape index (κ1) is 15.7. The molecule has 2 rings (SSSR count). The van der Waals surface area contributed by atoms with Crippen LogP contribution in [0, 0.1) is 11.3 Å². The molecule has 2 atom stereocenters. The number of nitrogens with zero attached hydrogens (tertiary/aromatic N) is 3. The van der Waals surface area contributed by atoms with Crippen LogP contribution in [0.2, 0.25) is 0 Å². The van der Waals surface area contributed by atoms with E-state index in [1.165, 1.54) is 0 Å². The molecule has 0 N–H and O–H groups in total. The van der Waals surface area contributed by atoms with Crippen LogP contribution in [-0.4, -0.2) is 68.8 Å². The van der Waals surface area contributed by atoms with Gasteiger partial charge in [-0.15, -0.1) is 0 Å². The van der Waals surface area contributed by atoms with Gasteiger partial charge >= 0.3 is 0 Å². The van der Waals surface area contributed by atoms with Crippen molar-refractivity contribution < 1.29 is 13.2 Å². The summed E-state index contributed by atoms with van der Waals surface area (Å²) < 4.78 is 32.1. The van der Waals surface area contributed by atoms with Crippen LogP contribution in [0.3, 0.4) is 0 Å². The van der Waals surface area contributed by atoms with E-state index in [-0.39, 0.29) is 24.3 Å². The fraction of sp³-hybridized carbons (Fsp3) is 0.923. The highest BCUT2D eigenvalue weighted by Gasteiger charge is 2.40. The van der Waals surface area contributed by atoms with Gasteiger partial charge in [-0.3, -0.25) is 0 Å². The summed E-state index contributed by atoms with van der Waals surface area (Å²) in [5.41, 5.74) is 0. The number of ether oxygens (including phenoxy) is 1. The minimum Gasteiger partial charge on any atom is -0.378 e. The lowest BCUT2D eigenvalue weighted by Crippen LogP contribution is -2.57. The van der Waals surface area contributed by atoms with Crippen LogP contribution >= 0.6 is 0 Å². The molecule has 2 fully saturated rings. The van der Waals surface area contributed by atoms with Crippen LogP contribution in [0.1, 0.15) is 25.7 Å². The maximum Gasteiger partial charge on any atom is 0.214 e. The summed E-state index contributed by atoms with van der Waals surface area (Å²) in [7, 11) is -1.24. The molecule has 0 aromatic rings. The van der Waals surface area contributed by atoms with Crippen molar-refractivity contribution in [3.8, 4) is 6.07 Å². The second kappa shape index (κ2) is 6.85. The maximum atomic E-state index is 12.5. The number of unbranched alkanes of at least 4 members (excludes halogenated alkanes) is 1.